The van der Waals surface area contributed by atoms with E-state index in [4.69, 9.17) is 10.1 Å². The number of hydrogen-bond donors (Lipinski definition) is 1. The zero-order valence-electron chi connectivity index (χ0n) is 6.34. The topological polar surface area (TPSA) is 111 Å². The molecule has 0 radical (unpaired) electrons. The number of rotatable bonds is 0. The maximum Gasteiger partial charge on any atom is 0.518 e. The van der Waals surface area contributed by atoms with Crippen molar-refractivity contribution in [1.82, 2.24) is 0 Å². The van der Waals surface area contributed by atoms with E-state index in [2.05, 4.69) is 14.2 Å². The highest BCUT2D eigenvalue weighted by Gasteiger charge is 2.07. The lowest BCUT2D eigenvalue weighted by atomic mass is 11.2. The highest BCUT2D eigenvalue weighted by Crippen LogP contribution is 1.85. The third kappa shape index (κ3) is 11.0. The third-order valence-electron chi connectivity index (χ3n) is 0.500. The van der Waals surface area contributed by atoms with Crippen LogP contribution in [-0.4, -0.2) is 31.7 Å². The fraction of sp³-hybridized carbons (Fsp3) is 0.500. The Bertz CT molecular complexity index is 141. The molecule has 0 unspecified atom stereocenters. The summed E-state index contributed by atoms with van der Waals surface area (Å²) in [5, 5.41) is 7.89. The summed E-state index contributed by atoms with van der Waals surface area (Å²) in [5.41, 5.74) is 0. The van der Waals surface area contributed by atoms with E-state index in [1.165, 1.54) is 5.34 Å². The molecule has 0 spiro atoms. The van der Waals surface area contributed by atoms with Crippen LogP contribution >= 0.6 is 0 Å². The molecule has 0 aliphatic carbocycles. The Labute approximate surface area is 66.9 Å². The summed E-state index contributed by atoms with van der Waals surface area (Å²) in [5.74, 6) is 0. The van der Waals surface area contributed by atoms with Gasteiger partial charge in [0.05, 0.1) is 14.2 Å². The second-order valence-corrected chi connectivity index (χ2v) is 1.09. The van der Waals surface area contributed by atoms with Gasteiger partial charge >= 0.3 is 12.3 Å². The molecular weight excluding hydrogens is 174 g/mol. The lowest BCUT2D eigenvalue weighted by Crippen LogP contribution is -2.11. The summed E-state index contributed by atoms with van der Waals surface area (Å²) >= 11 is 0. The standard InChI is InChI=1S/C4H6O5.HNO2/c1-7-3(5)9-4(6)8-2;2-1-3/h1-2H3;(H,2,3). The number of hydrogen-bond acceptors (Lipinski definition) is 7. The quantitative estimate of drug-likeness (QED) is 0.253. The van der Waals surface area contributed by atoms with Crippen LogP contribution in [0, 0.1) is 4.91 Å². The van der Waals surface area contributed by atoms with Gasteiger partial charge in [0.25, 0.3) is 0 Å². The molecule has 0 atom stereocenters. The van der Waals surface area contributed by atoms with E-state index in [1.54, 1.807) is 0 Å². The van der Waals surface area contributed by atoms with Gasteiger partial charge < -0.3 is 19.4 Å². The van der Waals surface area contributed by atoms with E-state index in [-0.39, 0.29) is 0 Å². The van der Waals surface area contributed by atoms with Gasteiger partial charge in [-0.25, -0.2) is 9.59 Å². The zero-order valence-corrected chi connectivity index (χ0v) is 6.34. The van der Waals surface area contributed by atoms with Crippen molar-refractivity contribution >= 4 is 12.3 Å². The fourth-order valence-corrected chi connectivity index (χ4v) is 0.151. The van der Waals surface area contributed by atoms with Gasteiger partial charge in [0, 0.05) is 0 Å². The van der Waals surface area contributed by atoms with E-state index in [1.807, 2.05) is 0 Å². The summed E-state index contributed by atoms with van der Waals surface area (Å²) in [6.07, 6.45) is -2.16. The smallest absolute Gasteiger partial charge is 0.437 e. The lowest BCUT2D eigenvalue weighted by molar-refractivity contribution is 0.0568. The maximum atomic E-state index is 10.0. The molecule has 0 aliphatic rings. The van der Waals surface area contributed by atoms with Crippen LogP contribution in [0.4, 0.5) is 9.59 Å². The van der Waals surface area contributed by atoms with Gasteiger partial charge in [0.2, 0.25) is 0 Å². The van der Waals surface area contributed by atoms with Crippen LogP contribution in [0.2, 0.25) is 0 Å². The minimum absolute atomic E-state index is 1.08. The molecule has 0 saturated carbocycles. The molecule has 0 aromatic carbocycles. The highest BCUT2D eigenvalue weighted by molar-refractivity contribution is 5.76. The van der Waals surface area contributed by atoms with Crippen molar-refractivity contribution in [2.24, 2.45) is 5.34 Å². The predicted octanol–water partition coefficient (Wildman–Crippen LogP) is 0.678. The number of nitrogens with zero attached hydrogens (tertiary/aromatic N) is 1. The van der Waals surface area contributed by atoms with Gasteiger partial charge in [-0.1, -0.05) is 0 Å². The van der Waals surface area contributed by atoms with Crippen molar-refractivity contribution in [3.63, 3.8) is 0 Å². The summed E-state index contributed by atoms with van der Waals surface area (Å²) in [4.78, 5) is 28.2. The first kappa shape index (κ1) is 12.8. The number of ether oxygens (including phenoxy) is 3. The normalized spacial score (nSPS) is 6.83. The number of methoxy groups -OCH3 is 2. The SMILES string of the molecule is COC(=O)OC(=O)OC.O=NO. The minimum atomic E-state index is -1.08. The third-order valence-corrected chi connectivity index (χ3v) is 0.500. The van der Waals surface area contributed by atoms with Gasteiger partial charge in [0.1, 0.15) is 0 Å². The predicted molar refractivity (Wildman–Crippen MR) is 33.5 cm³/mol. The molecule has 12 heavy (non-hydrogen) atoms. The van der Waals surface area contributed by atoms with Crippen LogP contribution in [0.5, 0.6) is 0 Å². The first-order valence-electron chi connectivity index (χ1n) is 2.42. The van der Waals surface area contributed by atoms with Crippen LogP contribution in [-0.2, 0) is 14.2 Å². The van der Waals surface area contributed by atoms with Crippen molar-refractivity contribution in [2.75, 3.05) is 14.2 Å². The Hall–Kier alpha value is -1.86. The maximum absolute atomic E-state index is 10.0. The Balaban J connectivity index is 0. The molecule has 0 saturated heterocycles. The number of carbonyl (C=O) groups excluding carboxylic acids is 2. The average Bonchev–Trinajstić information content (AvgIpc) is 2.05. The van der Waals surface area contributed by atoms with Gasteiger partial charge in [0.15, 0.2) is 5.34 Å². The second-order valence-electron chi connectivity index (χ2n) is 1.09. The second kappa shape index (κ2) is 9.14. The molecule has 0 heterocycles. The molecule has 8 nitrogen and oxygen atoms in total. The Morgan fingerprint density at radius 2 is 1.42 bits per heavy atom. The molecule has 0 amide bonds. The molecule has 0 aromatic heterocycles. The van der Waals surface area contributed by atoms with E-state index in [0.29, 0.717) is 0 Å². The van der Waals surface area contributed by atoms with E-state index >= 15 is 0 Å². The van der Waals surface area contributed by atoms with E-state index in [9.17, 15) is 9.59 Å². The van der Waals surface area contributed by atoms with Gasteiger partial charge in [-0.05, 0) is 0 Å². The summed E-state index contributed by atoms with van der Waals surface area (Å²) in [6.45, 7) is 0. The highest BCUT2D eigenvalue weighted by atomic mass is 16.8. The van der Waals surface area contributed by atoms with E-state index < -0.39 is 12.3 Å². The lowest BCUT2D eigenvalue weighted by Gasteiger charge is -1.96. The van der Waals surface area contributed by atoms with Crippen LogP contribution in [0.25, 0.3) is 0 Å². The zero-order chi connectivity index (χ0) is 9.98. The monoisotopic (exact) mass is 181 g/mol. The van der Waals surface area contributed by atoms with E-state index in [0.717, 1.165) is 14.2 Å². The van der Waals surface area contributed by atoms with Crippen molar-refractivity contribution in [1.29, 1.82) is 0 Å². The summed E-state index contributed by atoms with van der Waals surface area (Å²) < 4.78 is 11.7. The fourth-order valence-electron chi connectivity index (χ4n) is 0.151. The average molecular weight is 181 g/mol. The van der Waals surface area contributed by atoms with Crippen molar-refractivity contribution in [2.45, 2.75) is 0 Å². The number of carbonyl (C=O) groups is 2. The Kier molecular flexibility index (Phi) is 9.74. The minimum Gasteiger partial charge on any atom is -0.437 e. The largest absolute Gasteiger partial charge is 0.518 e. The van der Waals surface area contributed by atoms with Crippen LogP contribution in [0.15, 0.2) is 5.34 Å². The van der Waals surface area contributed by atoms with Gasteiger partial charge in [-0.2, -0.15) is 0 Å². The molecule has 8 heteroatoms. The van der Waals surface area contributed by atoms with Crippen molar-refractivity contribution < 1.29 is 29.0 Å². The molecule has 1 N–H and O–H groups in total. The van der Waals surface area contributed by atoms with Crippen LogP contribution < -0.4 is 0 Å². The molecular formula is C4H7NO7. The molecule has 0 aromatic rings. The first-order chi connectivity index (χ1) is 5.62. The van der Waals surface area contributed by atoms with Crippen LogP contribution in [0.1, 0.15) is 0 Å². The molecule has 0 bridgehead atoms. The first-order valence-corrected chi connectivity index (χ1v) is 2.42. The molecule has 70 valence electrons. The Morgan fingerprint density at radius 3 is 1.58 bits per heavy atom. The molecule has 0 fully saturated rings. The molecule has 0 aliphatic heterocycles. The van der Waals surface area contributed by atoms with Gasteiger partial charge in [-0.15, -0.1) is 4.91 Å². The van der Waals surface area contributed by atoms with Crippen molar-refractivity contribution in [3.8, 4) is 0 Å². The van der Waals surface area contributed by atoms with Crippen LogP contribution in [0.3, 0.4) is 0 Å². The summed E-state index contributed by atoms with van der Waals surface area (Å²) in [6, 6.07) is 0. The molecule has 0 rings (SSSR count). The van der Waals surface area contributed by atoms with Crippen molar-refractivity contribution in [3.05, 3.63) is 4.91 Å². The summed E-state index contributed by atoms with van der Waals surface area (Å²) in [7, 11) is 2.18. The Morgan fingerprint density at radius 1 is 1.17 bits per heavy atom. The van der Waals surface area contributed by atoms with Gasteiger partial charge in [-0.3, -0.25) is 0 Å².